The van der Waals surface area contributed by atoms with Crippen LogP contribution in [0.5, 0.6) is 0 Å². The molecule has 0 saturated carbocycles. The molecule has 0 aliphatic carbocycles. The molecule has 2 N–H and O–H groups in total. The van der Waals surface area contributed by atoms with Gasteiger partial charge in [-0.2, -0.15) is 0 Å². The number of rotatable bonds is 4. The van der Waals surface area contributed by atoms with Crippen LogP contribution in [0.3, 0.4) is 0 Å². The van der Waals surface area contributed by atoms with Crippen LogP contribution in [-0.4, -0.2) is 59.9 Å². The fourth-order valence-electron chi connectivity index (χ4n) is 3.41. The van der Waals surface area contributed by atoms with Gasteiger partial charge in [0.15, 0.2) is 0 Å². The van der Waals surface area contributed by atoms with Crippen LogP contribution in [0, 0.1) is 5.92 Å². The fraction of sp³-hybridized carbons (Fsp3) is 0.941. The third kappa shape index (κ3) is 5.86. The SMILES string of the molecule is CC(C)(C)OC(=O)C1CC(CCN2CCCC(O)C2)CCN1. The number of nitrogens with zero attached hydrogens (tertiary/aromatic N) is 1. The van der Waals surface area contributed by atoms with Gasteiger partial charge in [0, 0.05) is 6.54 Å². The van der Waals surface area contributed by atoms with Gasteiger partial charge in [-0.1, -0.05) is 0 Å². The van der Waals surface area contributed by atoms with Crippen molar-refractivity contribution in [2.45, 2.75) is 70.6 Å². The normalized spacial score (nSPS) is 31.0. The van der Waals surface area contributed by atoms with E-state index >= 15 is 0 Å². The summed E-state index contributed by atoms with van der Waals surface area (Å²) >= 11 is 0. The van der Waals surface area contributed by atoms with Crippen LogP contribution in [0.4, 0.5) is 0 Å². The lowest BCUT2D eigenvalue weighted by Gasteiger charge is -2.34. The van der Waals surface area contributed by atoms with Crippen molar-refractivity contribution in [1.29, 1.82) is 0 Å². The van der Waals surface area contributed by atoms with Gasteiger partial charge in [0.2, 0.25) is 0 Å². The Morgan fingerprint density at radius 2 is 2.14 bits per heavy atom. The van der Waals surface area contributed by atoms with Crippen molar-refractivity contribution in [2.75, 3.05) is 26.2 Å². The Morgan fingerprint density at radius 1 is 1.36 bits per heavy atom. The minimum atomic E-state index is -0.421. The zero-order valence-electron chi connectivity index (χ0n) is 14.3. The first-order valence-electron chi connectivity index (χ1n) is 8.70. The number of aliphatic hydroxyl groups is 1. The average molecular weight is 312 g/mol. The lowest BCUT2D eigenvalue weighted by atomic mass is 9.89. The van der Waals surface area contributed by atoms with Crippen LogP contribution in [-0.2, 0) is 9.53 Å². The molecule has 0 radical (unpaired) electrons. The maximum Gasteiger partial charge on any atom is 0.323 e. The van der Waals surface area contributed by atoms with E-state index in [1.165, 1.54) is 0 Å². The molecule has 0 aromatic rings. The Balaban J connectivity index is 1.74. The van der Waals surface area contributed by atoms with E-state index in [9.17, 15) is 9.90 Å². The van der Waals surface area contributed by atoms with Gasteiger partial charge in [0.25, 0.3) is 0 Å². The molecular weight excluding hydrogens is 280 g/mol. The van der Waals surface area contributed by atoms with Crippen LogP contribution in [0.1, 0.15) is 52.9 Å². The molecule has 2 rings (SSSR count). The number of ether oxygens (including phenoxy) is 1. The van der Waals surface area contributed by atoms with E-state index in [4.69, 9.17) is 4.74 Å². The van der Waals surface area contributed by atoms with Crippen LogP contribution in [0.15, 0.2) is 0 Å². The van der Waals surface area contributed by atoms with Crippen LogP contribution < -0.4 is 5.32 Å². The third-order valence-corrected chi connectivity index (χ3v) is 4.54. The van der Waals surface area contributed by atoms with E-state index in [1.54, 1.807) is 0 Å². The van der Waals surface area contributed by atoms with Gasteiger partial charge in [-0.25, -0.2) is 0 Å². The predicted molar refractivity (Wildman–Crippen MR) is 86.7 cm³/mol. The predicted octanol–water partition coefficient (Wildman–Crippen LogP) is 1.54. The van der Waals surface area contributed by atoms with Crippen molar-refractivity contribution in [3.63, 3.8) is 0 Å². The highest BCUT2D eigenvalue weighted by molar-refractivity contribution is 5.76. The minimum absolute atomic E-state index is 0.120. The summed E-state index contributed by atoms with van der Waals surface area (Å²) in [6, 6.07) is -0.162. The van der Waals surface area contributed by atoms with Crippen molar-refractivity contribution >= 4 is 5.97 Å². The molecule has 3 atom stereocenters. The molecule has 22 heavy (non-hydrogen) atoms. The van der Waals surface area contributed by atoms with E-state index < -0.39 is 5.60 Å². The van der Waals surface area contributed by atoms with E-state index in [2.05, 4.69) is 10.2 Å². The molecule has 2 aliphatic heterocycles. The molecular formula is C17H32N2O3. The highest BCUT2D eigenvalue weighted by Gasteiger charge is 2.30. The summed E-state index contributed by atoms with van der Waals surface area (Å²) in [6.07, 6.45) is 4.96. The number of aliphatic hydroxyl groups excluding tert-OH is 1. The molecule has 0 aromatic carbocycles. The zero-order chi connectivity index (χ0) is 16.2. The molecule has 0 spiro atoms. The van der Waals surface area contributed by atoms with Crippen LogP contribution >= 0.6 is 0 Å². The summed E-state index contributed by atoms with van der Waals surface area (Å²) in [5.74, 6) is 0.448. The van der Waals surface area contributed by atoms with E-state index in [0.717, 1.165) is 58.3 Å². The summed E-state index contributed by atoms with van der Waals surface area (Å²) in [4.78, 5) is 14.5. The summed E-state index contributed by atoms with van der Waals surface area (Å²) in [6.45, 7) is 9.55. The second kappa shape index (κ2) is 7.75. The van der Waals surface area contributed by atoms with Crippen molar-refractivity contribution in [3.05, 3.63) is 0 Å². The molecule has 5 heteroatoms. The number of hydrogen-bond donors (Lipinski definition) is 2. The molecule has 3 unspecified atom stereocenters. The third-order valence-electron chi connectivity index (χ3n) is 4.54. The highest BCUT2D eigenvalue weighted by atomic mass is 16.6. The molecule has 2 fully saturated rings. The Bertz CT molecular complexity index is 367. The Kier molecular flexibility index (Phi) is 6.24. The highest BCUT2D eigenvalue weighted by Crippen LogP contribution is 2.23. The lowest BCUT2D eigenvalue weighted by molar-refractivity contribution is -0.158. The molecule has 2 aliphatic rings. The number of piperidine rings is 2. The molecule has 2 saturated heterocycles. The first-order valence-corrected chi connectivity index (χ1v) is 8.70. The summed E-state index contributed by atoms with van der Waals surface area (Å²) in [5.41, 5.74) is -0.421. The largest absolute Gasteiger partial charge is 0.459 e. The van der Waals surface area contributed by atoms with Gasteiger partial charge in [0.05, 0.1) is 6.10 Å². The van der Waals surface area contributed by atoms with E-state index in [-0.39, 0.29) is 18.1 Å². The number of β-amino-alcohol motifs (C(OH)–C–C–N with tert-alkyl or cyclic N) is 1. The van der Waals surface area contributed by atoms with Crippen LogP contribution in [0.25, 0.3) is 0 Å². The molecule has 5 nitrogen and oxygen atoms in total. The standard InChI is InChI=1S/C17H32N2O3/c1-17(2,3)22-16(21)15-11-13(6-8-18-15)7-10-19-9-4-5-14(20)12-19/h13-15,18,20H,4-12H2,1-3H3. The smallest absolute Gasteiger partial charge is 0.323 e. The Morgan fingerprint density at radius 3 is 2.82 bits per heavy atom. The number of likely N-dealkylation sites (tertiary alicyclic amines) is 1. The van der Waals surface area contributed by atoms with Gasteiger partial charge in [-0.05, 0) is 78.4 Å². The van der Waals surface area contributed by atoms with Crippen LogP contribution in [0.2, 0.25) is 0 Å². The average Bonchev–Trinajstić information content (AvgIpc) is 2.44. The van der Waals surface area contributed by atoms with Crippen molar-refractivity contribution in [3.8, 4) is 0 Å². The van der Waals surface area contributed by atoms with Gasteiger partial charge in [-0.15, -0.1) is 0 Å². The van der Waals surface area contributed by atoms with Gasteiger partial charge < -0.3 is 20.1 Å². The summed E-state index contributed by atoms with van der Waals surface area (Å²) in [7, 11) is 0. The van der Waals surface area contributed by atoms with Gasteiger partial charge >= 0.3 is 5.97 Å². The first kappa shape index (κ1) is 17.7. The fourth-order valence-corrected chi connectivity index (χ4v) is 3.41. The second-order valence-corrected chi connectivity index (χ2v) is 7.82. The van der Waals surface area contributed by atoms with E-state index in [0.29, 0.717) is 5.92 Å². The van der Waals surface area contributed by atoms with Crippen molar-refractivity contribution in [2.24, 2.45) is 5.92 Å². The number of hydrogen-bond acceptors (Lipinski definition) is 5. The van der Waals surface area contributed by atoms with E-state index in [1.807, 2.05) is 20.8 Å². The number of carbonyl (C=O) groups excluding carboxylic acids is 1. The minimum Gasteiger partial charge on any atom is -0.459 e. The summed E-state index contributed by atoms with van der Waals surface area (Å²) < 4.78 is 5.49. The molecule has 2 heterocycles. The second-order valence-electron chi connectivity index (χ2n) is 7.82. The molecule has 0 amide bonds. The monoisotopic (exact) mass is 312 g/mol. The number of esters is 1. The van der Waals surface area contributed by atoms with Crippen molar-refractivity contribution < 1.29 is 14.6 Å². The maximum absolute atomic E-state index is 12.2. The van der Waals surface area contributed by atoms with Crippen molar-refractivity contribution in [1.82, 2.24) is 10.2 Å². The Hall–Kier alpha value is -0.650. The Labute approximate surface area is 134 Å². The zero-order valence-corrected chi connectivity index (χ0v) is 14.3. The quantitative estimate of drug-likeness (QED) is 0.771. The number of nitrogens with one attached hydrogen (secondary N) is 1. The molecule has 0 bridgehead atoms. The topological polar surface area (TPSA) is 61.8 Å². The molecule has 0 aromatic heterocycles. The lowest BCUT2D eigenvalue weighted by Crippen LogP contribution is -2.47. The number of carbonyl (C=O) groups is 1. The first-order chi connectivity index (χ1) is 10.3. The van der Waals surface area contributed by atoms with Gasteiger partial charge in [0.1, 0.15) is 11.6 Å². The maximum atomic E-state index is 12.2. The van der Waals surface area contributed by atoms with Gasteiger partial charge in [-0.3, -0.25) is 4.79 Å². The summed E-state index contributed by atoms with van der Waals surface area (Å²) in [5, 5.41) is 13.0. The molecule has 128 valence electrons.